The number of nitrogens with one attached hydrogen (secondary N) is 1. The van der Waals surface area contributed by atoms with E-state index in [4.69, 9.17) is 4.74 Å². The lowest BCUT2D eigenvalue weighted by atomic mass is 10.1. The van der Waals surface area contributed by atoms with Gasteiger partial charge in [-0.05, 0) is 49.7 Å². The van der Waals surface area contributed by atoms with Crippen molar-refractivity contribution in [2.24, 2.45) is 0 Å². The van der Waals surface area contributed by atoms with E-state index in [1.54, 1.807) is 13.3 Å². The summed E-state index contributed by atoms with van der Waals surface area (Å²) < 4.78 is 7.27. The number of anilines is 1. The molecule has 2 aromatic heterocycles. The molecule has 1 N–H and O–H groups in total. The van der Waals surface area contributed by atoms with Crippen LogP contribution < -0.4 is 10.1 Å². The predicted octanol–water partition coefficient (Wildman–Crippen LogP) is 4.69. The summed E-state index contributed by atoms with van der Waals surface area (Å²) in [5.41, 5.74) is 4.51. The SMILES string of the molecule is COc1cccc(-n2c(SCC(=O)Nc3ccc(C)cc3C)nnc2-c2ccccn2)c1. The first-order valence-corrected chi connectivity index (χ1v) is 11.0. The highest BCUT2D eigenvalue weighted by Crippen LogP contribution is 2.29. The number of benzene rings is 2. The second kappa shape index (κ2) is 9.65. The third-order valence-electron chi connectivity index (χ3n) is 4.83. The number of amides is 1. The van der Waals surface area contributed by atoms with E-state index in [2.05, 4.69) is 20.5 Å². The number of carbonyl (C=O) groups is 1. The fourth-order valence-electron chi connectivity index (χ4n) is 3.28. The Bertz CT molecular complexity index is 1240. The number of nitrogens with zero attached hydrogens (tertiary/aromatic N) is 4. The van der Waals surface area contributed by atoms with Crippen molar-refractivity contribution in [2.45, 2.75) is 19.0 Å². The molecule has 7 nitrogen and oxygen atoms in total. The van der Waals surface area contributed by atoms with Crippen molar-refractivity contribution in [3.05, 3.63) is 78.0 Å². The van der Waals surface area contributed by atoms with Gasteiger partial charge >= 0.3 is 0 Å². The molecule has 0 radical (unpaired) electrons. The molecular weight excluding hydrogens is 422 g/mol. The summed E-state index contributed by atoms with van der Waals surface area (Å²) in [5, 5.41) is 12.3. The average molecular weight is 446 g/mol. The molecule has 2 heterocycles. The van der Waals surface area contributed by atoms with E-state index in [0.717, 1.165) is 22.5 Å². The van der Waals surface area contributed by atoms with Gasteiger partial charge in [0.25, 0.3) is 0 Å². The number of aryl methyl sites for hydroxylation is 2. The van der Waals surface area contributed by atoms with Gasteiger partial charge in [-0.2, -0.15) is 0 Å². The van der Waals surface area contributed by atoms with Gasteiger partial charge in [-0.3, -0.25) is 14.3 Å². The Hall–Kier alpha value is -3.65. The topological polar surface area (TPSA) is 81.9 Å². The maximum Gasteiger partial charge on any atom is 0.234 e. The van der Waals surface area contributed by atoms with Crippen LogP contribution in [0.3, 0.4) is 0 Å². The molecule has 162 valence electrons. The van der Waals surface area contributed by atoms with Gasteiger partial charge in [0.1, 0.15) is 11.4 Å². The summed E-state index contributed by atoms with van der Waals surface area (Å²) in [5.74, 6) is 1.39. The number of thioether (sulfide) groups is 1. The molecule has 0 bridgehead atoms. The van der Waals surface area contributed by atoms with Crippen LogP contribution in [0.4, 0.5) is 5.69 Å². The number of rotatable bonds is 7. The van der Waals surface area contributed by atoms with Gasteiger partial charge < -0.3 is 10.1 Å². The van der Waals surface area contributed by atoms with Crippen LogP contribution in [0.15, 0.2) is 72.0 Å². The smallest absolute Gasteiger partial charge is 0.234 e. The normalized spacial score (nSPS) is 10.7. The summed E-state index contributed by atoms with van der Waals surface area (Å²) in [6.45, 7) is 4.01. The highest BCUT2D eigenvalue weighted by molar-refractivity contribution is 7.99. The zero-order valence-corrected chi connectivity index (χ0v) is 18.9. The van der Waals surface area contributed by atoms with Crippen LogP contribution in [-0.2, 0) is 4.79 Å². The summed E-state index contributed by atoms with van der Waals surface area (Å²) in [7, 11) is 1.62. The molecule has 0 saturated heterocycles. The lowest BCUT2D eigenvalue weighted by Crippen LogP contribution is -2.15. The molecule has 0 fully saturated rings. The zero-order chi connectivity index (χ0) is 22.5. The quantitative estimate of drug-likeness (QED) is 0.416. The molecular formula is C24H23N5O2S. The van der Waals surface area contributed by atoms with E-state index in [9.17, 15) is 4.79 Å². The van der Waals surface area contributed by atoms with Crippen LogP contribution in [0.5, 0.6) is 5.75 Å². The minimum Gasteiger partial charge on any atom is -0.497 e. The van der Waals surface area contributed by atoms with Gasteiger partial charge in [0.2, 0.25) is 5.91 Å². The molecule has 2 aromatic carbocycles. The maximum absolute atomic E-state index is 12.6. The van der Waals surface area contributed by atoms with Gasteiger partial charge in [-0.25, -0.2) is 0 Å². The average Bonchev–Trinajstić information content (AvgIpc) is 3.24. The summed E-state index contributed by atoms with van der Waals surface area (Å²) >= 11 is 1.32. The Morgan fingerprint density at radius 3 is 2.69 bits per heavy atom. The molecule has 8 heteroatoms. The third-order valence-corrected chi connectivity index (χ3v) is 5.76. The fourth-order valence-corrected chi connectivity index (χ4v) is 4.03. The lowest BCUT2D eigenvalue weighted by molar-refractivity contribution is -0.113. The Balaban J connectivity index is 1.61. The lowest BCUT2D eigenvalue weighted by Gasteiger charge is -2.12. The molecule has 0 atom stereocenters. The van der Waals surface area contributed by atoms with Crippen LogP contribution in [0.25, 0.3) is 17.2 Å². The second-order valence-corrected chi connectivity index (χ2v) is 8.16. The number of methoxy groups -OCH3 is 1. The van der Waals surface area contributed by atoms with E-state index in [0.29, 0.717) is 22.4 Å². The van der Waals surface area contributed by atoms with Crippen molar-refractivity contribution in [1.82, 2.24) is 19.7 Å². The van der Waals surface area contributed by atoms with E-state index in [1.165, 1.54) is 11.8 Å². The summed E-state index contributed by atoms with van der Waals surface area (Å²) in [6, 6.07) is 19.2. The number of hydrogen-bond donors (Lipinski definition) is 1. The maximum atomic E-state index is 12.6. The number of hydrogen-bond acceptors (Lipinski definition) is 6. The highest BCUT2D eigenvalue weighted by Gasteiger charge is 2.18. The van der Waals surface area contributed by atoms with Crippen molar-refractivity contribution < 1.29 is 9.53 Å². The van der Waals surface area contributed by atoms with Gasteiger partial charge in [0.05, 0.1) is 18.6 Å². The van der Waals surface area contributed by atoms with Gasteiger partial charge in [-0.15, -0.1) is 10.2 Å². The van der Waals surface area contributed by atoms with Crippen LogP contribution in [0, 0.1) is 13.8 Å². The first-order chi connectivity index (χ1) is 15.5. The molecule has 4 aromatic rings. The number of pyridine rings is 1. The molecule has 32 heavy (non-hydrogen) atoms. The minimum atomic E-state index is -0.110. The number of carbonyl (C=O) groups excluding carboxylic acids is 1. The molecule has 0 spiro atoms. The first-order valence-electron chi connectivity index (χ1n) is 10.1. The van der Waals surface area contributed by atoms with Crippen LogP contribution in [-0.4, -0.2) is 38.5 Å². The van der Waals surface area contributed by atoms with Gasteiger partial charge in [0, 0.05) is 18.0 Å². The Morgan fingerprint density at radius 1 is 1.06 bits per heavy atom. The molecule has 0 saturated carbocycles. The molecule has 1 amide bonds. The standard InChI is InChI=1S/C24H23N5O2S/c1-16-10-11-20(17(2)13-16)26-22(30)15-32-24-28-27-23(21-9-4-5-12-25-21)29(24)18-7-6-8-19(14-18)31-3/h4-14H,15H2,1-3H3,(H,26,30). The Morgan fingerprint density at radius 2 is 1.94 bits per heavy atom. The first kappa shape index (κ1) is 21.6. The van der Waals surface area contributed by atoms with Crippen molar-refractivity contribution >= 4 is 23.4 Å². The van der Waals surface area contributed by atoms with Gasteiger partial charge in [-0.1, -0.05) is 41.6 Å². The van der Waals surface area contributed by atoms with Crippen LogP contribution in [0.1, 0.15) is 11.1 Å². The van der Waals surface area contributed by atoms with Crippen molar-refractivity contribution in [1.29, 1.82) is 0 Å². The Labute approximate surface area is 190 Å². The number of ether oxygens (including phenoxy) is 1. The molecule has 4 rings (SSSR count). The van der Waals surface area contributed by atoms with E-state index in [1.807, 2.05) is 79.1 Å². The molecule has 0 unspecified atom stereocenters. The molecule has 0 aliphatic rings. The predicted molar refractivity (Wildman–Crippen MR) is 126 cm³/mol. The van der Waals surface area contributed by atoms with Crippen LogP contribution >= 0.6 is 11.8 Å². The van der Waals surface area contributed by atoms with Crippen molar-refractivity contribution in [3.63, 3.8) is 0 Å². The van der Waals surface area contributed by atoms with Gasteiger partial charge in [0.15, 0.2) is 11.0 Å². The van der Waals surface area contributed by atoms with Crippen molar-refractivity contribution in [2.75, 3.05) is 18.2 Å². The molecule has 0 aliphatic carbocycles. The number of aromatic nitrogens is 4. The zero-order valence-electron chi connectivity index (χ0n) is 18.1. The van der Waals surface area contributed by atoms with E-state index < -0.39 is 0 Å². The minimum absolute atomic E-state index is 0.110. The molecule has 0 aliphatic heterocycles. The largest absolute Gasteiger partial charge is 0.497 e. The monoisotopic (exact) mass is 445 g/mol. The highest BCUT2D eigenvalue weighted by atomic mass is 32.2. The Kier molecular flexibility index (Phi) is 6.51. The summed E-state index contributed by atoms with van der Waals surface area (Å²) in [6.07, 6.45) is 1.71. The third kappa shape index (κ3) is 4.81. The second-order valence-electron chi connectivity index (χ2n) is 7.21. The van der Waals surface area contributed by atoms with Crippen molar-refractivity contribution in [3.8, 4) is 23.0 Å². The fraction of sp³-hybridized carbons (Fsp3) is 0.167. The van der Waals surface area contributed by atoms with E-state index >= 15 is 0 Å². The summed E-state index contributed by atoms with van der Waals surface area (Å²) in [4.78, 5) is 17.0. The van der Waals surface area contributed by atoms with E-state index in [-0.39, 0.29) is 11.7 Å². The van der Waals surface area contributed by atoms with Crippen LogP contribution in [0.2, 0.25) is 0 Å².